The summed E-state index contributed by atoms with van der Waals surface area (Å²) in [5.74, 6) is -1.22. The molecule has 1 heterocycles. The largest absolute Gasteiger partial charge is 0.479 e. The molecule has 0 radical (unpaired) electrons. The average molecular weight is 350 g/mol. The van der Waals surface area contributed by atoms with Gasteiger partial charge in [-0.15, -0.1) is 0 Å². The SMILES string of the molecule is Cc1c(C(=O)NC(C(=O)O)c2ccc(Cl)cc2)cnn1CC(C)C. The predicted octanol–water partition coefficient (Wildman–Crippen LogP) is 3.06. The number of aromatic nitrogens is 2. The average Bonchev–Trinajstić information content (AvgIpc) is 2.86. The highest BCUT2D eigenvalue weighted by Crippen LogP contribution is 2.18. The Kier molecular flexibility index (Phi) is 5.62. The number of benzene rings is 1. The first-order valence-corrected chi connectivity index (χ1v) is 7.99. The van der Waals surface area contributed by atoms with Crippen LogP contribution < -0.4 is 5.32 Å². The van der Waals surface area contributed by atoms with Gasteiger partial charge in [0, 0.05) is 17.3 Å². The lowest BCUT2D eigenvalue weighted by Crippen LogP contribution is -2.34. The highest BCUT2D eigenvalue weighted by atomic mass is 35.5. The van der Waals surface area contributed by atoms with Gasteiger partial charge in [0.05, 0.1) is 11.8 Å². The minimum Gasteiger partial charge on any atom is -0.479 e. The quantitative estimate of drug-likeness (QED) is 0.839. The van der Waals surface area contributed by atoms with Crippen LogP contribution in [0.3, 0.4) is 0 Å². The van der Waals surface area contributed by atoms with E-state index in [2.05, 4.69) is 24.3 Å². The monoisotopic (exact) mass is 349 g/mol. The fourth-order valence-electron chi connectivity index (χ4n) is 2.35. The zero-order valence-electron chi connectivity index (χ0n) is 13.8. The van der Waals surface area contributed by atoms with E-state index in [9.17, 15) is 14.7 Å². The number of halogens is 1. The van der Waals surface area contributed by atoms with E-state index in [4.69, 9.17) is 11.6 Å². The molecule has 1 atom stereocenters. The second-order valence-electron chi connectivity index (χ2n) is 6.02. The number of hydrogen-bond donors (Lipinski definition) is 2. The minimum absolute atomic E-state index is 0.371. The Balaban J connectivity index is 2.21. The van der Waals surface area contributed by atoms with E-state index in [0.717, 1.165) is 0 Å². The molecule has 0 aliphatic heterocycles. The standard InChI is InChI=1S/C17H20ClN3O3/c1-10(2)9-21-11(3)14(8-19-21)16(22)20-15(17(23)24)12-4-6-13(18)7-5-12/h4-8,10,15H,9H2,1-3H3,(H,20,22)(H,23,24). The third kappa shape index (κ3) is 4.14. The van der Waals surface area contributed by atoms with Gasteiger partial charge in [0.1, 0.15) is 0 Å². The molecule has 0 saturated carbocycles. The van der Waals surface area contributed by atoms with Crippen LogP contribution >= 0.6 is 11.6 Å². The van der Waals surface area contributed by atoms with E-state index in [1.54, 1.807) is 35.9 Å². The van der Waals surface area contributed by atoms with Crippen LogP contribution in [0.4, 0.5) is 0 Å². The Labute approximate surface area is 145 Å². The fourth-order valence-corrected chi connectivity index (χ4v) is 2.48. The molecule has 2 rings (SSSR count). The van der Waals surface area contributed by atoms with Gasteiger partial charge in [0.15, 0.2) is 6.04 Å². The van der Waals surface area contributed by atoms with E-state index in [0.29, 0.717) is 34.3 Å². The molecule has 1 aromatic heterocycles. The van der Waals surface area contributed by atoms with Crippen molar-refractivity contribution in [1.29, 1.82) is 0 Å². The van der Waals surface area contributed by atoms with Crippen LogP contribution in [0, 0.1) is 12.8 Å². The Bertz CT molecular complexity index is 738. The van der Waals surface area contributed by atoms with Crippen LogP contribution in [0.1, 0.15) is 41.5 Å². The number of hydrogen-bond acceptors (Lipinski definition) is 3. The topological polar surface area (TPSA) is 84.2 Å². The summed E-state index contributed by atoms with van der Waals surface area (Å²) in [6.07, 6.45) is 1.47. The van der Waals surface area contributed by atoms with Gasteiger partial charge in [-0.1, -0.05) is 37.6 Å². The van der Waals surface area contributed by atoms with Crippen molar-refractivity contribution in [3.8, 4) is 0 Å². The zero-order valence-corrected chi connectivity index (χ0v) is 14.5. The van der Waals surface area contributed by atoms with Gasteiger partial charge in [-0.2, -0.15) is 5.10 Å². The van der Waals surface area contributed by atoms with E-state index in [1.807, 2.05) is 0 Å². The van der Waals surface area contributed by atoms with E-state index in [1.165, 1.54) is 6.20 Å². The van der Waals surface area contributed by atoms with Crippen LogP contribution in [0.15, 0.2) is 30.5 Å². The molecule has 0 spiro atoms. The van der Waals surface area contributed by atoms with Gasteiger partial charge in [-0.05, 0) is 30.5 Å². The smallest absolute Gasteiger partial charge is 0.330 e. The number of aliphatic carboxylic acids is 1. The van der Waals surface area contributed by atoms with Crippen molar-refractivity contribution in [2.24, 2.45) is 5.92 Å². The summed E-state index contributed by atoms with van der Waals surface area (Å²) >= 11 is 5.82. The number of nitrogens with zero attached hydrogens (tertiary/aromatic N) is 2. The highest BCUT2D eigenvalue weighted by Gasteiger charge is 2.24. The molecule has 7 heteroatoms. The second-order valence-corrected chi connectivity index (χ2v) is 6.45. The summed E-state index contributed by atoms with van der Waals surface area (Å²) < 4.78 is 1.75. The maximum atomic E-state index is 12.5. The van der Waals surface area contributed by atoms with Gasteiger partial charge in [-0.3, -0.25) is 9.48 Å². The van der Waals surface area contributed by atoms with Gasteiger partial charge in [0.2, 0.25) is 0 Å². The first-order chi connectivity index (χ1) is 11.3. The Hall–Kier alpha value is -2.34. The van der Waals surface area contributed by atoms with E-state index >= 15 is 0 Å². The lowest BCUT2D eigenvalue weighted by molar-refractivity contribution is -0.139. The molecule has 6 nitrogen and oxygen atoms in total. The minimum atomic E-state index is -1.15. The van der Waals surface area contributed by atoms with Crippen molar-refractivity contribution in [2.75, 3.05) is 0 Å². The van der Waals surface area contributed by atoms with Crippen LogP contribution in [-0.2, 0) is 11.3 Å². The molecule has 1 amide bonds. The lowest BCUT2D eigenvalue weighted by Gasteiger charge is -2.15. The molecule has 1 unspecified atom stereocenters. The number of carbonyl (C=O) groups excluding carboxylic acids is 1. The van der Waals surface area contributed by atoms with E-state index < -0.39 is 17.9 Å². The number of rotatable bonds is 6. The number of amides is 1. The number of carbonyl (C=O) groups is 2. The van der Waals surface area contributed by atoms with Crippen LogP contribution in [-0.4, -0.2) is 26.8 Å². The van der Waals surface area contributed by atoms with E-state index in [-0.39, 0.29) is 0 Å². The summed E-state index contributed by atoms with van der Waals surface area (Å²) in [6.45, 7) is 6.60. The molecule has 0 bridgehead atoms. The van der Waals surface area contributed by atoms with Gasteiger partial charge in [0.25, 0.3) is 5.91 Å². The molecule has 0 saturated heterocycles. The molecule has 0 aliphatic rings. The Morgan fingerprint density at radius 2 is 1.92 bits per heavy atom. The number of carboxylic acids is 1. The van der Waals surface area contributed by atoms with Crippen molar-refractivity contribution in [1.82, 2.24) is 15.1 Å². The van der Waals surface area contributed by atoms with Crippen molar-refractivity contribution in [3.63, 3.8) is 0 Å². The second kappa shape index (κ2) is 7.49. The predicted molar refractivity (Wildman–Crippen MR) is 91.1 cm³/mol. The Morgan fingerprint density at radius 3 is 2.46 bits per heavy atom. The van der Waals surface area contributed by atoms with Gasteiger partial charge in [-0.25, -0.2) is 4.79 Å². The summed E-state index contributed by atoms with van der Waals surface area (Å²) in [5.41, 5.74) is 1.53. The highest BCUT2D eigenvalue weighted by molar-refractivity contribution is 6.30. The molecule has 1 aromatic carbocycles. The third-order valence-corrected chi connectivity index (χ3v) is 3.86. The zero-order chi connectivity index (χ0) is 17.9. The number of nitrogens with one attached hydrogen (secondary N) is 1. The summed E-state index contributed by atoms with van der Waals surface area (Å²) in [5, 5.41) is 16.7. The maximum Gasteiger partial charge on any atom is 0.330 e. The van der Waals surface area contributed by atoms with Crippen molar-refractivity contribution >= 4 is 23.5 Å². The third-order valence-electron chi connectivity index (χ3n) is 3.61. The molecule has 128 valence electrons. The summed E-state index contributed by atoms with van der Waals surface area (Å²) in [4.78, 5) is 24.0. The van der Waals surface area contributed by atoms with Crippen molar-refractivity contribution in [2.45, 2.75) is 33.4 Å². The number of carboxylic acid groups (broad SMARTS) is 1. The molecule has 24 heavy (non-hydrogen) atoms. The maximum absolute atomic E-state index is 12.5. The fraction of sp³-hybridized carbons (Fsp3) is 0.353. The van der Waals surface area contributed by atoms with Crippen LogP contribution in [0.5, 0.6) is 0 Å². The van der Waals surface area contributed by atoms with Gasteiger partial charge < -0.3 is 10.4 Å². The van der Waals surface area contributed by atoms with Crippen LogP contribution in [0.25, 0.3) is 0 Å². The summed E-state index contributed by atoms with van der Waals surface area (Å²) in [7, 11) is 0. The van der Waals surface area contributed by atoms with Crippen molar-refractivity contribution < 1.29 is 14.7 Å². The molecular weight excluding hydrogens is 330 g/mol. The molecule has 0 aliphatic carbocycles. The van der Waals surface area contributed by atoms with Gasteiger partial charge >= 0.3 is 5.97 Å². The molecular formula is C17H20ClN3O3. The molecule has 2 N–H and O–H groups in total. The summed E-state index contributed by atoms with van der Waals surface area (Å²) in [6, 6.07) is 5.19. The lowest BCUT2D eigenvalue weighted by atomic mass is 10.1. The molecule has 0 fully saturated rings. The molecule has 2 aromatic rings. The normalized spacial score (nSPS) is 12.2. The first kappa shape index (κ1) is 18.0. The Morgan fingerprint density at radius 1 is 1.29 bits per heavy atom. The first-order valence-electron chi connectivity index (χ1n) is 7.61. The van der Waals surface area contributed by atoms with Crippen LogP contribution in [0.2, 0.25) is 5.02 Å². The van der Waals surface area contributed by atoms with Crippen molar-refractivity contribution in [3.05, 3.63) is 52.3 Å².